The lowest BCUT2D eigenvalue weighted by atomic mass is 10.0. The first-order chi connectivity index (χ1) is 12.3. The molecule has 2 unspecified atom stereocenters. The van der Waals surface area contributed by atoms with Crippen molar-refractivity contribution in [1.29, 1.82) is 0 Å². The van der Waals surface area contributed by atoms with Crippen LogP contribution in [0.4, 0.5) is 0 Å². The van der Waals surface area contributed by atoms with Gasteiger partial charge in [-0.2, -0.15) is 0 Å². The van der Waals surface area contributed by atoms with Crippen LogP contribution in [-0.2, 0) is 22.4 Å². The average Bonchev–Trinajstić information content (AvgIpc) is 2.59. The molecule has 0 radical (unpaired) electrons. The van der Waals surface area contributed by atoms with Crippen LogP contribution in [-0.4, -0.2) is 29.1 Å². The number of carboxylic acid groups (broad SMARTS) is 1. The summed E-state index contributed by atoms with van der Waals surface area (Å²) in [4.78, 5) is 23.2. The number of hydrogen-bond donors (Lipinski definition) is 3. The van der Waals surface area contributed by atoms with Gasteiger partial charge in [0, 0.05) is 4.47 Å². The molecule has 138 valence electrons. The molecule has 0 aliphatic heterocycles. The van der Waals surface area contributed by atoms with E-state index in [-0.39, 0.29) is 6.42 Å². The number of rotatable bonds is 7. The Morgan fingerprint density at radius 1 is 1.04 bits per heavy atom. The Bertz CT molecular complexity index is 793. The topological polar surface area (TPSA) is 116 Å². The normalized spacial score (nSPS) is 13.1. The first-order valence-electron chi connectivity index (χ1n) is 8.06. The van der Waals surface area contributed by atoms with Gasteiger partial charge in [0.15, 0.2) is 0 Å². The fraction of sp³-hybridized carbons (Fsp3) is 0.263. The molecule has 26 heavy (non-hydrogen) atoms. The first-order valence-corrected chi connectivity index (χ1v) is 8.85. The quantitative estimate of drug-likeness (QED) is 0.466. The van der Waals surface area contributed by atoms with Crippen molar-refractivity contribution >= 4 is 27.9 Å². The van der Waals surface area contributed by atoms with Gasteiger partial charge in [0.05, 0.1) is 0 Å². The number of carboxylic acids is 1. The van der Waals surface area contributed by atoms with Gasteiger partial charge in [-0.05, 0) is 54.7 Å². The van der Waals surface area contributed by atoms with Crippen LogP contribution in [0.25, 0.3) is 0 Å². The van der Waals surface area contributed by atoms with Crippen molar-refractivity contribution in [2.45, 2.75) is 31.8 Å². The molecule has 2 rings (SSSR count). The third kappa shape index (κ3) is 5.66. The number of carbonyl (C=O) groups excluding carboxylic acids is 1. The fourth-order valence-corrected chi connectivity index (χ4v) is 2.63. The summed E-state index contributed by atoms with van der Waals surface area (Å²) in [5.74, 6) is -1.27. The molecule has 0 saturated heterocycles. The molecule has 0 aromatic heterocycles. The smallest absolute Gasteiger partial charge is 0.328 e. The van der Waals surface area contributed by atoms with E-state index in [1.807, 2.05) is 24.3 Å². The van der Waals surface area contributed by atoms with E-state index in [1.54, 1.807) is 25.1 Å². The lowest BCUT2D eigenvalue weighted by Gasteiger charge is -2.14. The lowest BCUT2D eigenvalue weighted by molar-refractivity contribution is -0.138. The average molecular weight is 421 g/mol. The molecule has 0 amide bonds. The van der Waals surface area contributed by atoms with E-state index in [0.29, 0.717) is 17.7 Å². The van der Waals surface area contributed by atoms with Gasteiger partial charge in [0.1, 0.15) is 17.8 Å². The van der Waals surface area contributed by atoms with Crippen molar-refractivity contribution in [3.8, 4) is 5.75 Å². The number of hydrogen-bond acceptors (Lipinski definition) is 5. The molecule has 2 aromatic carbocycles. The summed E-state index contributed by atoms with van der Waals surface area (Å²) < 4.78 is 6.37. The van der Waals surface area contributed by atoms with Gasteiger partial charge in [-0.15, -0.1) is 0 Å². The summed E-state index contributed by atoms with van der Waals surface area (Å²) in [5, 5.41) is 8.91. The highest BCUT2D eigenvalue weighted by Gasteiger charge is 2.19. The highest BCUT2D eigenvalue weighted by Crippen LogP contribution is 2.21. The monoisotopic (exact) mass is 420 g/mol. The predicted octanol–water partition coefficient (Wildman–Crippen LogP) is 2.19. The third-order valence-corrected chi connectivity index (χ3v) is 4.44. The second kappa shape index (κ2) is 8.93. The minimum absolute atomic E-state index is 0.144. The molecule has 0 aliphatic carbocycles. The number of nitrogens with two attached hydrogens (primary N) is 2. The van der Waals surface area contributed by atoms with Gasteiger partial charge >= 0.3 is 11.9 Å². The second-order valence-corrected chi connectivity index (χ2v) is 7.02. The number of aliphatic carboxylic acids is 1. The number of carbonyl (C=O) groups is 2. The van der Waals surface area contributed by atoms with Gasteiger partial charge < -0.3 is 21.3 Å². The molecule has 2 atom stereocenters. The number of halogens is 1. The van der Waals surface area contributed by atoms with Crippen LogP contribution in [0.15, 0.2) is 46.9 Å². The fourth-order valence-electron chi connectivity index (χ4n) is 2.36. The molecule has 2 aromatic rings. The highest BCUT2D eigenvalue weighted by molar-refractivity contribution is 9.10. The Hall–Kier alpha value is -2.22. The van der Waals surface area contributed by atoms with Crippen molar-refractivity contribution in [3.05, 3.63) is 63.6 Å². The molecule has 7 heteroatoms. The zero-order valence-corrected chi connectivity index (χ0v) is 15.9. The maximum atomic E-state index is 12.3. The zero-order valence-electron chi connectivity index (χ0n) is 14.3. The van der Waals surface area contributed by atoms with Crippen LogP contribution >= 0.6 is 15.9 Å². The number of benzene rings is 2. The van der Waals surface area contributed by atoms with E-state index >= 15 is 0 Å². The van der Waals surface area contributed by atoms with Crippen molar-refractivity contribution < 1.29 is 19.4 Å². The number of aryl methyl sites for hydroxylation is 1. The summed E-state index contributed by atoms with van der Waals surface area (Å²) in [6, 6.07) is 10.9. The van der Waals surface area contributed by atoms with Crippen molar-refractivity contribution in [3.63, 3.8) is 0 Å². The van der Waals surface area contributed by atoms with E-state index < -0.39 is 24.0 Å². The van der Waals surface area contributed by atoms with Crippen molar-refractivity contribution in [1.82, 2.24) is 0 Å². The van der Waals surface area contributed by atoms with E-state index in [1.165, 1.54) is 0 Å². The molecular weight excluding hydrogens is 400 g/mol. The Morgan fingerprint density at radius 3 is 2.23 bits per heavy atom. The Morgan fingerprint density at radius 2 is 1.62 bits per heavy atom. The zero-order chi connectivity index (χ0) is 19.3. The number of ether oxygens (including phenoxy) is 1. The third-order valence-electron chi connectivity index (χ3n) is 3.91. The van der Waals surface area contributed by atoms with E-state index in [4.69, 9.17) is 21.3 Å². The van der Waals surface area contributed by atoms with E-state index in [0.717, 1.165) is 15.6 Å². The SMILES string of the molecule is Cc1ccc(CC(N)C(=O)O)cc1OC(=O)C(N)Cc1ccc(Br)cc1. The summed E-state index contributed by atoms with van der Waals surface area (Å²) in [6.07, 6.45) is 0.500. The van der Waals surface area contributed by atoms with Gasteiger partial charge in [0.25, 0.3) is 0 Å². The van der Waals surface area contributed by atoms with Gasteiger partial charge in [-0.3, -0.25) is 4.79 Å². The van der Waals surface area contributed by atoms with E-state index in [9.17, 15) is 9.59 Å². The molecule has 0 saturated carbocycles. The first kappa shape index (κ1) is 20.1. The Balaban J connectivity index is 2.05. The van der Waals surface area contributed by atoms with Gasteiger partial charge in [-0.1, -0.05) is 40.2 Å². The highest BCUT2D eigenvalue weighted by atomic mass is 79.9. The molecule has 6 nitrogen and oxygen atoms in total. The summed E-state index contributed by atoms with van der Waals surface area (Å²) in [5.41, 5.74) is 13.9. The lowest BCUT2D eigenvalue weighted by Crippen LogP contribution is -2.36. The maximum absolute atomic E-state index is 12.3. The largest absolute Gasteiger partial charge is 0.480 e. The molecule has 5 N–H and O–H groups in total. The van der Waals surface area contributed by atoms with Crippen LogP contribution in [0.3, 0.4) is 0 Å². The van der Waals surface area contributed by atoms with Crippen LogP contribution in [0.5, 0.6) is 5.75 Å². The van der Waals surface area contributed by atoms with E-state index in [2.05, 4.69) is 15.9 Å². The molecule has 0 aliphatic rings. The van der Waals surface area contributed by atoms with Gasteiger partial charge in [-0.25, -0.2) is 4.79 Å². The Kier molecular flexibility index (Phi) is 6.90. The van der Waals surface area contributed by atoms with Crippen LogP contribution in [0.2, 0.25) is 0 Å². The molecule has 0 spiro atoms. The molecule has 0 heterocycles. The summed E-state index contributed by atoms with van der Waals surface area (Å²) >= 11 is 3.36. The summed E-state index contributed by atoms with van der Waals surface area (Å²) in [7, 11) is 0. The number of esters is 1. The molecule has 0 fully saturated rings. The minimum atomic E-state index is -1.08. The minimum Gasteiger partial charge on any atom is -0.480 e. The maximum Gasteiger partial charge on any atom is 0.328 e. The summed E-state index contributed by atoms with van der Waals surface area (Å²) in [6.45, 7) is 1.80. The Labute approximate surface area is 160 Å². The second-order valence-electron chi connectivity index (χ2n) is 6.11. The van der Waals surface area contributed by atoms with Gasteiger partial charge in [0.2, 0.25) is 0 Å². The standard InChI is InChI=1S/C19H21BrN2O4/c1-11-2-3-13(9-15(21)18(23)24)10-17(11)26-19(25)16(22)8-12-4-6-14(20)7-5-12/h2-7,10,15-16H,8-9,21-22H2,1H3,(H,23,24). The predicted molar refractivity (Wildman–Crippen MR) is 102 cm³/mol. The van der Waals surface area contributed by atoms with Crippen LogP contribution < -0.4 is 16.2 Å². The molecule has 0 bridgehead atoms. The van der Waals surface area contributed by atoms with Crippen LogP contribution in [0, 0.1) is 6.92 Å². The van der Waals surface area contributed by atoms with Crippen LogP contribution in [0.1, 0.15) is 16.7 Å². The van der Waals surface area contributed by atoms with Crippen molar-refractivity contribution in [2.75, 3.05) is 0 Å². The van der Waals surface area contributed by atoms with Crippen molar-refractivity contribution in [2.24, 2.45) is 11.5 Å². The molecular formula is C19H21BrN2O4.